The van der Waals surface area contributed by atoms with Crippen molar-refractivity contribution in [2.45, 2.75) is 52.7 Å². The molecule has 30 heavy (non-hydrogen) atoms. The van der Waals surface area contributed by atoms with Gasteiger partial charge in [0.1, 0.15) is 5.75 Å². The van der Waals surface area contributed by atoms with Gasteiger partial charge in [-0.15, -0.1) is 0 Å². The first-order chi connectivity index (χ1) is 14.3. The van der Waals surface area contributed by atoms with Gasteiger partial charge in [-0.2, -0.15) is 0 Å². The van der Waals surface area contributed by atoms with Crippen LogP contribution in [-0.4, -0.2) is 12.0 Å². The highest BCUT2D eigenvalue weighted by Gasteiger charge is 2.23. The number of amides is 1. The average Bonchev–Trinajstić information content (AvgIpc) is 2.72. The molecular weight excluding hydrogens is 370 g/mol. The fraction of sp³-hybridized carbons (Fsp3) is 0.296. The van der Waals surface area contributed by atoms with E-state index in [0.717, 1.165) is 33.6 Å². The maximum Gasteiger partial charge on any atom is 0.261 e. The molecule has 1 amide bonds. The van der Waals surface area contributed by atoms with Crippen LogP contribution in [0.4, 0.5) is 0 Å². The molecule has 0 aliphatic rings. The smallest absolute Gasteiger partial charge is 0.261 e. The van der Waals surface area contributed by atoms with Crippen molar-refractivity contribution in [3.8, 4) is 5.75 Å². The summed E-state index contributed by atoms with van der Waals surface area (Å²) in [6.07, 6.45) is -0.611. The highest BCUT2D eigenvalue weighted by Crippen LogP contribution is 2.29. The van der Waals surface area contributed by atoms with Gasteiger partial charge in [0.2, 0.25) is 0 Å². The molecule has 3 aromatic carbocycles. The van der Waals surface area contributed by atoms with E-state index >= 15 is 0 Å². The van der Waals surface area contributed by atoms with Crippen LogP contribution >= 0.6 is 0 Å². The van der Waals surface area contributed by atoms with Crippen molar-refractivity contribution in [2.24, 2.45) is 0 Å². The summed E-state index contributed by atoms with van der Waals surface area (Å²) in [6, 6.07) is 24.2. The van der Waals surface area contributed by atoms with Gasteiger partial charge in [0.05, 0.1) is 6.04 Å². The molecule has 3 nitrogen and oxygen atoms in total. The van der Waals surface area contributed by atoms with Gasteiger partial charge in [-0.25, -0.2) is 0 Å². The maximum atomic E-state index is 13.1. The van der Waals surface area contributed by atoms with Crippen LogP contribution < -0.4 is 10.1 Å². The molecule has 1 N–H and O–H groups in total. The number of carbonyl (C=O) groups is 1. The lowest BCUT2D eigenvalue weighted by atomic mass is 9.97. The van der Waals surface area contributed by atoms with Crippen molar-refractivity contribution in [2.75, 3.05) is 0 Å². The van der Waals surface area contributed by atoms with Gasteiger partial charge < -0.3 is 10.1 Å². The van der Waals surface area contributed by atoms with E-state index in [2.05, 4.69) is 50.4 Å². The topological polar surface area (TPSA) is 38.3 Å². The van der Waals surface area contributed by atoms with E-state index in [1.807, 2.05) is 55.5 Å². The van der Waals surface area contributed by atoms with Crippen LogP contribution in [-0.2, 0) is 4.79 Å². The first-order valence-corrected chi connectivity index (χ1v) is 10.5. The molecule has 0 unspecified atom stereocenters. The predicted octanol–water partition coefficient (Wildman–Crippen LogP) is 6.10. The van der Waals surface area contributed by atoms with Crippen molar-refractivity contribution in [1.82, 2.24) is 5.32 Å². The molecule has 0 aromatic heterocycles. The van der Waals surface area contributed by atoms with Crippen LogP contribution in [0.1, 0.15) is 60.5 Å². The summed E-state index contributed by atoms with van der Waals surface area (Å²) in [5, 5.41) is 3.20. The molecule has 0 aliphatic carbocycles. The first-order valence-electron chi connectivity index (χ1n) is 10.5. The fourth-order valence-electron chi connectivity index (χ4n) is 3.58. The number of hydrogen-bond donors (Lipinski definition) is 1. The summed E-state index contributed by atoms with van der Waals surface area (Å²) in [4.78, 5) is 13.1. The van der Waals surface area contributed by atoms with Crippen LogP contribution in [0.5, 0.6) is 5.75 Å². The monoisotopic (exact) mass is 401 g/mol. The van der Waals surface area contributed by atoms with Gasteiger partial charge in [-0.05, 0) is 55.0 Å². The van der Waals surface area contributed by atoms with Crippen molar-refractivity contribution in [3.05, 3.63) is 101 Å². The van der Waals surface area contributed by atoms with Gasteiger partial charge in [0.15, 0.2) is 6.10 Å². The number of rotatable bonds is 7. The van der Waals surface area contributed by atoms with E-state index in [-0.39, 0.29) is 11.9 Å². The Balaban J connectivity index is 1.83. The van der Waals surface area contributed by atoms with Crippen molar-refractivity contribution < 1.29 is 9.53 Å². The largest absolute Gasteiger partial charge is 0.481 e. The maximum absolute atomic E-state index is 13.1. The van der Waals surface area contributed by atoms with Crippen LogP contribution in [0.2, 0.25) is 0 Å². The molecule has 0 spiro atoms. The number of benzene rings is 3. The molecule has 0 aliphatic heterocycles. The van der Waals surface area contributed by atoms with Crippen LogP contribution in [0, 0.1) is 13.8 Å². The van der Waals surface area contributed by atoms with Crippen LogP contribution in [0.15, 0.2) is 72.8 Å². The molecule has 0 saturated heterocycles. The summed E-state index contributed by atoms with van der Waals surface area (Å²) >= 11 is 0. The summed E-state index contributed by atoms with van der Waals surface area (Å²) in [5.74, 6) is 0.960. The number of aryl methyl sites for hydroxylation is 2. The number of carbonyl (C=O) groups excluding carboxylic acids is 1. The predicted molar refractivity (Wildman–Crippen MR) is 123 cm³/mol. The SMILES string of the molecule is Cc1cccc([C@@H](NC(=O)[C@H](C)Oc2cc(C)ccc2C(C)C)c2ccccc2)c1. The molecule has 3 heteroatoms. The highest BCUT2D eigenvalue weighted by molar-refractivity contribution is 5.81. The minimum absolute atomic E-state index is 0.137. The van der Waals surface area contributed by atoms with Crippen molar-refractivity contribution >= 4 is 5.91 Å². The summed E-state index contributed by atoms with van der Waals surface area (Å²) in [6.45, 7) is 10.2. The standard InChI is InChI=1S/C27H31NO2/c1-18(2)24-15-14-20(4)17-25(24)30-21(5)27(29)28-26(22-11-7-6-8-12-22)23-13-9-10-19(3)16-23/h6-18,21,26H,1-5H3,(H,28,29)/t21-,26-/m0/s1. The normalized spacial score (nSPS) is 13.0. The van der Waals surface area contributed by atoms with Gasteiger partial charge >= 0.3 is 0 Å². The lowest BCUT2D eigenvalue weighted by molar-refractivity contribution is -0.127. The molecule has 2 atom stereocenters. The second-order valence-corrected chi connectivity index (χ2v) is 8.22. The Morgan fingerprint density at radius 2 is 1.47 bits per heavy atom. The average molecular weight is 402 g/mol. The highest BCUT2D eigenvalue weighted by atomic mass is 16.5. The van der Waals surface area contributed by atoms with Crippen LogP contribution in [0.25, 0.3) is 0 Å². The zero-order valence-corrected chi connectivity index (χ0v) is 18.5. The zero-order chi connectivity index (χ0) is 21.7. The molecule has 3 rings (SSSR count). The second-order valence-electron chi connectivity index (χ2n) is 8.22. The van der Waals surface area contributed by atoms with Crippen LogP contribution in [0.3, 0.4) is 0 Å². The molecule has 0 bridgehead atoms. The Morgan fingerprint density at radius 1 is 0.800 bits per heavy atom. The van der Waals surface area contributed by atoms with Crippen molar-refractivity contribution in [3.63, 3.8) is 0 Å². The lowest BCUT2D eigenvalue weighted by Gasteiger charge is -2.24. The molecule has 0 heterocycles. The third kappa shape index (κ3) is 5.29. The van der Waals surface area contributed by atoms with E-state index in [4.69, 9.17) is 4.74 Å². The zero-order valence-electron chi connectivity index (χ0n) is 18.5. The molecule has 0 radical (unpaired) electrons. The number of hydrogen-bond acceptors (Lipinski definition) is 2. The Labute approximate surface area is 180 Å². The van der Waals surface area contributed by atoms with E-state index in [9.17, 15) is 4.79 Å². The third-order valence-electron chi connectivity index (χ3n) is 5.26. The van der Waals surface area contributed by atoms with Gasteiger partial charge in [0, 0.05) is 0 Å². The fourth-order valence-corrected chi connectivity index (χ4v) is 3.58. The molecule has 0 fully saturated rings. The Bertz CT molecular complexity index is 995. The molecular formula is C27H31NO2. The van der Waals surface area contributed by atoms with Gasteiger partial charge in [0.25, 0.3) is 5.91 Å². The van der Waals surface area contributed by atoms with E-state index in [0.29, 0.717) is 5.92 Å². The Morgan fingerprint density at radius 3 is 2.13 bits per heavy atom. The molecule has 3 aromatic rings. The quantitative estimate of drug-likeness (QED) is 0.519. The first kappa shape index (κ1) is 21.6. The lowest BCUT2D eigenvalue weighted by Crippen LogP contribution is -2.39. The molecule has 0 saturated carbocycles. The minimum atomic E-state index is -0.611. The summed E-state index contributed by atoms with van der Waals surface area (Å²) in [7, 11) is 0. The minimum Gasteiger partial charge on any atom is -0.481 e. The van der Waals surface area contributed by atoms with Gasteiger partial charge in [-0.3, -0.25) is 4.79 Å². The summed E-state index contributed by atoms with van der Waals surface area (Å²) in [5.41, 5.74) is 5.48. The second kappa shape index (κ2) is 9.62. The van der Waals surface area contributed by atoms with E-state index < -0.39 is 6.10 Å². The van der Waals surface area contributed by atoms with E-state index in [1.54, 1.807) is 6.92 Å². The number of ether oxygens (including phenoxy) is 1. The van der Waals surface area contributed by atoms with E-state index in [1.165, 1.54) is 0 Å². The summed E-state index contributed by atoms with van der Waals surface area (Å²) < 4.78 is 6.13. The molecule has 156 valence electrons. The third-order valence-corrected chi connectivity index (χ3v) is 5.26. The van der Waals surface area contributed by atoms with Gasteiger partial charge in [-0.1, -0.05) is 86.1 Å². The Kier molecular flexibility index (Phi) is 6.94. The van der Waals surface area contributed by atoms with Crippen molar-refractivity contribution in [1.29, 1.82) is 0 Å². The number of nitrogens with one attached hydrogen (secondary N) is 1. The Hall–Kier alpha value is -3.07.